The number of hydrogen-bond donors (Lipinski definition) is 1. The van der Waals surface area contributed by atoms with E-state index in [2.05, 4.69) is 10.2 Å². The van der Waals surface area contributed by atoms with E-state index in [-0.39, 0.29) is 11.8 Å². The van der Waals surface area contributed by atoms with Crippen LogP contribution in [-0.2, 0) is 9.59 Å². The Hall–Kier alpha value is -2.04. The highest BCUT2D eigenvalue weighted by Gasteiger charge is 2.23. The second-order valence-electron chi connectivity index (χ2n) is 8.25. The van der Waals surface area contributed by atoms with Crippen LogP contribution in [0.1, 0.15) is 52.4 Å². The molecule has 1 saturated heterocycles. The number of carbonyl (C=O) groups is 2. The van der Waals surface area contributed by atoms with Crippen LogP contribution in [0.2, 0.25) is 0 Å². The molecule has 0 atom stereocenters. The maximum atomic E-state index is 12.5. The molecule has 148 valence electrons. The van der Waals surface area contributed by atoms with Crippen LogP contribution < -0.4 is 10.2 Å². The number of hydrogen-bond acceptors (Lipinski definition) is 3. The lowest BCUT2D eigenvalue weighted by molar-refractivity contribution is -0.131. The summed E-state index contributed by atoms with van der Waals surface area (Å²) in [5.74, 6) is 1.12. The zero-order valence-corrected chi connectivity index (χ0v) is 16.7. The van der Waals surface area contributed by atoms with E-state index in [0.717, 1.165) is 56.3 Å². The molecule has 27 heavy (non-hydrogen) atoms. The van der Waals surface area contributed by atoms with Crippen LogP contribution in [0.3, 0.4) is 0 Å². The van der Waals surface area contributed by atoms with Crippen LogP contribution in [0.15, 0.2) is 24.3 Å². The number of piperazine rings is 1. The first-order chi connectivity index (χ1) is 13.0. The number of benzene rings is 1. The van der Waals surface area contributed by atoms with Crippen molar-refractivity contribution in [2.75, 3.05) is 36.4 Å². The summed E-state index contributed by atoms with van der Waals surface area (Å²) in [4.78, 5) is 28.6. The Morgan fingerprint density at radius 1 is 1.04 bits per heavy atom. The van der Waals surface area contributed by atoms with Gasteiger partial charge in [-0.15, -0.1) is 0 Å². The van der Waals surface area contributed by atoms with Gasteiger partial charge in [0.15, 0.2) is 0 Å². The highest BCUT2D eigenvalue weighted by atomic mass is 16.2. The zero-order valence-electron chi connectivity index (χ0n) is 16.7. The van der Waals surface area contributed by atoms with E-state index in [1.54, 1.807) is 0 Å². The van der Waals surface area contributed by atoms with Gasteiger partial charge in [0, 0.05) is 49.9 Å². The number of nitrogens with zero attached hydrogens (tertiary/aromatic N) is 2. The molecule has 0 aromatic heterocycles. The Balaban J connectivity index is 1.44. The van der Waals surface area contributed by atoms with Crippen molar-refractivity contribution in [3.8, 4) is 0 Å². The van der Waals surface area contributed by atoms with E-state index >= 15 is 0 Å². The summed E-state index contributed by atoms with van der Waals surface area (Å²) in [7, 11) is 0. The summed E-state index contributed by atoms with van der Waals surface area (Å²) >= 11 is 0. The van der Waals surface area contributed by atoms with Gasteiger partial charge in [0.25, 0.3) is 0 Å². The molecule has 1 aliphatic carbocycles. The number of nitrogens with one attached hydrogen (secondary N) is 1. The lowest BCUT2D eigenvalue weighted by Gasteiger charge is -2.36. The largest absolute Gasteiger partial charge is 0.368 e. The summed E-state index contributed by atoms with van der Waals surface area (Å²) in [6.07, 6.45) is 7.11. The Bertz CT molecular complexity index is 627. The van der Waals surface area contributed by atoms with Crippen molar-refractivity contribution in [3.63, 3.8) is 0 Å². The standard InChI is InChI=1S/C22H33N3O2/c1-17(2)22(27)23-19-8-10-20(11-9-19)24-13-15-25(16-14-24)21(26)12-7-18-5-3-4-6-18/h8-11,17-18H,3-7,12-16H2,1-2H3,(H,23,27). The number of rotatable bonds is 6. The summed E-state index contributed by atoms with van der Waals surface area (Å²) in [5.41, 5.74) is 1.98. The molecule has 3 rings (SSSR count). The molecule has 1 heterocycles. The van der Waals surface area contributed by atoms with Gasteiger partial charge in [0.1, 0.15) is 0 Å². The molecule has 0 bridgehead atoms. The Kier molecular flexibility index (Phi) is 6.75. The third kappa shape index (κ3) is 5.47. The molecule has 1 N–H and O–H groups in total. The minimum atomic E-state index is -0.0241. The monoisotopic (exact) mass is 371 g/mol. The molecule has 0 spiro atoms. The van der Waals surface area contributed by atoms with E-state index < -0.39 is 0 Å². The third-order valence-electron chi connectivity index (χ3n) is 5.90. The molecule has 0 radical (unpaired) electrons. The van der Waals surface area contributed by atoms with Gasteiger partial charge in [-0.05, 0) is 36.6 Å². The van der Waals surface area contributed by atoms with Gasteiger partial charge in [-0.25, -0.2) is 0 Å². The minimum absolute atomic E-state index is 0.0241. The lowest BCUT2D eigenvalue weighted by atomic mass is 10.0. The summed E-state index contributed by atoms with van der Waals surface area (Å²) in [6, 6.07) is 8.00. The van der Waals surface area contributed by atoms with Crippen molar-refractivity contribution in [2.24, 2.45) is 11.8 Å². The van der Waals surface area contributed by atoms with Crippen LogP contribution in [0, 0.1) is 11.8 Å². The van der Waals surface area contributed by atoms with Gasteiger partial charge in [-0.1, -0.05) is 39.5 Å². The molecule has 1 aromatic carbocycles. The van der Waals surface area contributed by atoms with Gasteiger partial charge in [-0.3, -0.25) is 9.59 Å². The van der Waals surface area contributed by atoms with Gasteiger partial charge < -0.3 is 15.1 Å². The van der Waals surface area contributed by atoms with Crippen LogP contribution in [0.4, 0.5) is 11.4 Å². The predicted molar refractivity (Wildman–Crippen MR) is 110 cm³/mol. The molecule has 0 unspecified atom stereocenters. The van der Waals surface area contributed by atoms with Gasteiger partial charge in [-0.2, -0.15) is 0 Å². The molecule has 2 aliphatic rings. The summed E-state index contributed by atoms with van der Waals surface area (Å²) in [5, 5.41) is 2.92. The van der Waals surface area contributed by atoms with Crippen molar-refractivity contribution in [2.45, 2.75) is 52.4 Å². The predicted octanol–water partition coefficient (Wildman–Crippen LogP) is 3.90. The number of carbonyl (C=O) groups excluding carboxylic acids is 2. The van der Waals surface area contributed by atoms with Crippen molar-refractivity contribution in [1.29, 1.82) is 0 Å². The molecule has 2 amide bonds. The highest BCUT2D eigenvalue weighted by Crippen LogP contribution is 2.29. The van der Waals surface area contributed by atoms with Crippen molar-refractivity contribution in [3.05, 3.63) is 24.3 Å². The Morgan fingerprint density at radius 2 is 1.67 bits per heavy atom. The third-order valence-corrected chi connectivity index (χ3v) is 5.90. The topological polar surface area (TPSA) is 52.7 Å². The molecule has 5 nitrogen and oxygen atoms in total. The fourth-order valence-corrected chi connectivity index (χ4v) is 4.04. The second kappa shape index (κ2) is 9.25. The number of amides is 2. The van der Waals surface area contributed by atoms with Gasteiger partial charge in [0.05, 0.1) is 0 Å². The summed E-state index contributed by atoms with van der Waals surface area (Å²) in [6.45, 7) is 7.11. The smallest absolute Gasteiger partial charge is 0.226 e. The molecular formula is C22H33N3O2. The van der Waals surface area contributed by atoms with Crippen molar-refractivity contribution >= 4 is 23.2 Å². The molecule has 1 aromatic rings. The van der Waals surface area contributed by atoms with Gasteiger partial charge in [0.2, 0.25) is 11.8 Å². The molecular weight excluding hydrogens is 338 g/mol. The first-order valence-electron chi connectivity index (χ1n) is 10.5. The average molecular weight is 372 g/mol. The van der Waals surface area contributed by atoms with E-state index in [4.69, 9.17) is 0 Å². The van der Waals surface area contributed by atoms with E-state index in [1.165, 1.54) is 25.7 Å². The fourth-order valence-electron chi connectivity index (χ4n) is 4.04. The Labute approximate surface area is 163 Å². The molecule has 1 aliphatic heterocycles. The SMILES string of the molecule is CC(C)C(=O)Nc1ccc(N2CCN(C(=O)CCC3CCCC3)CC2)cc1. The molecule has 1 saturated carbocycles. The normalized spacial score (nSPS) is 18.2. The van der Waals surface area contributed by atoms with Crippen LogP contribution in [0.5, 0.6) is 0 Å². The van der Waals surface area contributed by atoms with Crippen LogP contribution >= 0.6 is 0 Å². The molecule has 2 fully saturated rings. The van der Waals surface area contributed by atoms with Crippen molar-refractivity contribution in [1.82, 2.24) is 4.90 Å². The van der Waals surface area contributed by atoms with Crippen LogP contribution in [0.25, 0.3) is 0 Å². The van der Waals surface area contributed by atoms with E-state index in [9.17, 15) is 9.59 Å². The summed E-state index contributed by atoms with van der Waals surface area (Å²) < 4.78 is 0. The minimum Gasteiger partial charge on any atom is -0.368 e. The first-order valence-corrected chi connectivity index (χ1v) is 10.5. The lowest BCUT2D eigenvalue weighted by Crippen LogP contribution is -2.48. The van der Waals surface area contributed by atoms with Crippen molar-refractivity contribution < 1.29 is 9.59 Å². The van der Waals surface area contributed by atoms with Gasteiger partial charge >= 0.3 is 0 Å². The quantitative estimate of drug-likeness (QED) is 0.825. The number of anilines is 2. The second-order valence-corrected chi connectivity index (χ2v) is 8.25. The zero-order chi connectivity index (χ0) is 19.2. The van der Waals surface area contributed by atoms with E-state index in [1.807, 2.05) is 43.0 Å². The Morgan fingerprint density at radius 3 is 2.26 bits per heavy atom. The average Bonchev–Trinajstić information content (AvgIpc) is 3.20. The maximum Gasteiger partial charge on any atom is 0.226 e. The van der Waals surface area contributed by atoms with E-state index in [0.29, 0.717) is 5.91 Å². The molecule has 5 heteroatoms. The first kappa shape index (κ1) is 19.7. The highest BCUT2D eigenvalue weighted by molar-refractivity contribution is 5.92. The fraction of sp³-hybridized carbons (Fsp3) is 0.636. The van der Waals surface area contributed by atoms with Crippen LogP contribution in [-0.4, -0.2) is 42.9 Å². The maximum absolute atomic E-state index is 12.5.